The van der Waals surface area contributed by atoms with Crippen molar-refractivity contribution < 1.29 is 9.90 Å². The van der Waals surface area contributed by atoms with Crippen LogP contribution in [0, 0.1) is 6.92 Å². The van der Waals surface area contributed by atoms with Crippen LogP contribution >= 0.6 is 23.8 Å². The van der Waals surface area contributed by atoms with Crippen LogP contribution in [0.1, 0.15) is 18.9 Å². The molecule has 0 radical (unpaired) electrons. The van der Waals surface area contributed by atoms with Crippen molar-refractivity contribution in [2.24, 2.45) is 0 Å². The predicted molar refractivity (Wildman–Crippen MR) is 84.3 cm³/mol. The molecule has 20 heavy (non-hydrogen) atoms. The van der Waals surface area contributed by atoms with Crippen molar-refractivity contribution in [2.75, 3.05) is 5.32 Å². The summed E-state index contributed by atoms with van der Waals surface area (Å²) in [4.78, 5) is 12.1. The number of nitrogens with one attached hydrogen (secondary N) is 2. The molecular weight excluding hydrogens is 296 g/mol. The van der Waals surface area contributed by atoms with E-state index in [1.165, 1.54) is 0 Å². The fraction of sp³-hybridized carbons (Fsp3) is 0.286. The lowest BCUT2D eigenvalue weighted by Crippen LogP contribution is -2.41. The minimum Gasteiger partial charge on any atom is -0.511 e. The standard InChI is InChI=1S/C14H15ClN2O2S/c1-7-6-11(18)12(13(19)16-7)14(20)17-10-5-3-4-9(15)8(10)2/h3-5,7,18H,6H2,1-2H3,(H,16,19)(H,17,20). The summed E-state index contributed by atoms with van der Waals surface area (Å²) in [5.74, 6) is -0.350. The molecule has 1 aliphatic rings. The number of hydrogen-bond acceptors (Lipinski definition) is 3. The summed E-state index contributed by atoms with van der Waals surface area (Å²) in [6.07, 6.45) is 0.372. The van der Waals surface area contributed by atoms with Crippen molar-refractivity contribution in [2.45, 2.75) is 26.3 Å². The molecule has 1 aromatic carbocycles. The maximum absolute atomic E-state index is 11.9. The molecule has 0 saturated carbocycles. The predicted octanol–water partition coefficient (Wildman–Crippen LogP) is 3.11. The van der Waals surface area contributed by atoms with Crippen molar-refractivity contribution in [3.8, 4) is 0 Å². The first kappa shape index (κ1) is 14.8. The molecule has 1 aliphatic heterocycles. The number of aliphatic hydroxyl groups is 1. The van der Waals surface area contributed by atoms with Crippen LogP contribution in [0.15, 0.2) is 29.5 Å². The number of thiocarbonyl (C=S) groups is 1. The van der Waals surface area contributed by atoms with E-state index in [0.29, 0.717) is 17.1 Å². The Morgan fingerprint density at radius 2 is 2.25 bits per heavy atom. The van der Waals surface area contributed by atoms with Gasteiger partial charge < -0.3 is 15.7 Å². The summed E-state index contributed by atoms with van der Waals surface area (Å²) >= 11 is 11.3. The number of rotatable bonds is 2. The number of carbonyl (C=O) groups is 1. The topological polar surface area (TPSA) is 61.4 Å². The van der Waals surface area contributed by atoms with Crippen LogP contribution in [0.5, 0.6) is 0 Å². The van der Waals surface area contributed by atoms with E-state index in [2.05, 4.69) is 10.6 Å². The lowest BCUT2D eigenvalue weighted by Gasteiger charge is -2.23. The van der Waals surface area contributed by atoms with Crippen LogP contribution in [-0.4, -0.2) is 22.0 Å². The fourth-order valence-electron chi connectivity index (χ4n) is 2.03. The fourth-order valence-corrected chi connectivity index (χ4v) is 2.53. The van der Waals surface area contributed by atoms with Crippen LogP contribution in [0.4, 0.5) is 5.69 Å². The molecule has 0 spiro atoms. The number of amides is 1. The minimum absolute atomic E-state index is 0.0124. The smallest absolute Gasteiger partial charge is 0.257 e. The highest BCUT2D eigenvalue weighted by Gasteiger charge is 2.27. The average molecular weight is 311 g/mol. The Kier molecular flexibility index (Phi) is 4.30. The van der Waals surface area contributed by atoms with Crippen LogP contribution in [0.2, 0.25) is 5.02 Å². The minimum atomic E-state index is -0.363. The van der Waals surface area contributed by atoms with Gasteiger partial charge in [-0.15, -0.1) is 0 Å². The largest absolute Gasteiger partial charge is 0.511 e. The third-order valence-electron chi connectivity index (χ3n) is 3.14. The van der Waals surface area contributed by atoms with Crippen LogP contribution in [0.25, 0.3) is 0 Å². The Morgan fingerprint density at radius 3 is 2.90 bits per heavy atom. The van der Waals surface area contributed by atoms with Crippen molar-refractivity contribution in [3.05, 3.63) is 40.1 Å². The van der Waals surface area contributed by atoms with E-state index in [9.17, 15) is 9.90 Å². The van der Waals surface area contributed by atoms with E-state index in [4.69, 9.17) is 23.8 Å². The zero-order valence-electron chi connectivity index (χ0n) is 11.2. The lowest BCUT2D eigenvalue weighted by molar-refractivity contribution is -0.118. The molecule has 0 fully saturated rings. The third kappa shape index (κ3) is 2.94. The van der Waals surface area contributed by atoms with Crippen molar-refractivity contribution in [1.29, 1.82) is 0 Å². The maximum Gasteiger partial charge on any atom is 0.257 e. The zero-order chi connectivity index (χ0) is 14.9. The molecule has 6 heteroatoms. The van der Waals surface area contributed by atoms with Gasteiger partial charge in [-0.3, -0.25) is 4.79 Å². The molecule has 0 aliphatic carbocycles. The van der Waals surface area contributed by atoms with Gasteiger partial charge in [-0.05, 0) is 31.5 Å². The van der Waals surface area contributed by atoms with Crippen molar-refractivity contribution in [3.63, 3.8) is 0 Å². The van der Waals surface area contributed by atoms with E-state index in [1.807, 2.05) is 19.9 Å². The van der Waals surface area contributed by atoms with Gasteiger partial charge in [0.2, 0.25) is 0 Å². The Bertz CT molecular complexity index is 613. The summed E-state index contributed by atoms with van der Waals surface area (Å²) in [6, 6.07) is 5.28. The molecule has 1 amide bonds. The second-order valence-electron chi connectivity index (χ2n) is 4.77. The van der Waals surface area contributed by atoms with Gasteiger partial charge in [0.05, 0.1) is 0 Å². The van der Waals surface area contributed by atoms with Crippen molar-refractivity contribution in [1.82, 2.24) is 5.32 Å². The van der Waals surface area contributed by atoms with Gasteiger partial charge in [0.1, 0.15) is 16.3 Å². The van der Waals surface area contributed by atoms with Crippen LogP contribution < -0.4 is 10.6 Å². The first-order chi connectivity index (χ1) is 9.40. The molecule has 3 N–H and O–H groups in total. The van der Waals surface area contributed by atoms with E-state index < -0.39 is 0 Å². The molecular formula is C14H15ClN2O2S. The molecule has 2 rings (SSSR count). The molecule has 0 bridgehead atoms. The van der Waals surface area contributed by atoms with E-state index in [-0.39, 0.29) is 28.3 Å². The summed E-state index contributed by atoms with van der Waals surface area (Å²) < 4.78 is 0. The monoisotopic (exact) mass is 310 g/mol. The van der Waals surface area contributed by atoms with E-state index in [0.717, 1.165) is 5.56 Å². The molecule has 1 unspecified atom stereocenters. The van der Waals surface area contributed by atoms with Crippen LogP contribution in [-0.2, 0) is 4.79 Å². The first-order valence-corrected chi connectivity index (χ1v) is 6.98. The van der Waals surface area contributed by atoms with Gasteiger partial charge in [-0.25, -0.2) is 0 Å². The highest BCUT2D eigenvalue weighted by molar-refractivity contribution is 7.81. The average Bonchev–Trinajstić information content (AvgIpc) is 2.33. The van der Waals surface area contributed by atoms with Gasteiger partial charge in [0, 0.05) is 23.2 Å². The van der Waals surface area contributed by atoms with E-state index >= 15 is 0 Å². The second-order valence-corrected chi connectivity index (χ2v) is 5.58. The number of anilines is 1. The molecule has 0 aromatic heterocycles. The Hall–Kier alpha value is -1.59. The van der Waals surface area contributed by atoms with Gasteiger partial charge in [-0.1, -0.05) is 29.9 Å². The summed E-state index contributed by atoms with van der Waals surface area (Å²) in [7, 11) is 0. The van der Waals surface area contributed by atoms with Crippen molar-refractivity contribution >= 4 is 40.4 Å². The molecule has 1 aromatic rings. The third-order valence-corrected chi connectivity index (χ3v) is 3.85. The Labute approximate surface area is 127 Å². The van der Waals surface area contributed by atoms with Gasteiger partial charge in [0.25, 0.3) is 5.91 Å². The zero-order valence-corrected chi connectivity index (χ0v) is 12.7. The molecule has 106 valence electrons. The number of benzene rings is 1. The number of carbonyl (C=O) groups excluding carboxylic acids is 1. The highest BCUT2D eigenvalue weighted by Crippen LogP contribution is 2.25. The molecule has 1 atom stereocenters. The van der Waals surface area contributed by atoms with E-state index in [1.54, 1.807) is 12.1 Å². The summed E-state index contributed by atoms with van der Waals surface area (Å²) in [5.41, 5.74) is 1.67. The highest BCUT2D eigenvalue weighted by atomic mass is 35.5. The quantitative estimate of drug-likeness (QED) is 0.735. The molecule has 1 heterocycles. The summed E-state index contributed by atoms with van der Waals surface area (Å²) in [6.45, 7) is 3.67. The number of aliphatic hydroxyl groups excluding tert-OH is 1. The Balaban J connectivity index is 2.26. The Morgan fingerprint density at radius 1 is 1.55 bits per heavy atom. The van der Waals surface area contributed by atoms with Gasteiger partial charge in [-0.2, -0.15) is 0 Å². The van der Waals surface area contributed by atoms with Crippen LogP contribution in [0.3, 0.4) is 0 Å². The first-order valence-electron chi connectivity index (χ1n) is 6.19. The summed E-state index contributed by atoms with van der Waals surface area (Å²) in [5, 5.41) is 16.3. The second kappa shape index (κ2) is 5.81. The molecule has 0 saturated heterocycles. The number of halogens is 1. The lowest BCUT2D eigenvalue weighted by atomic mass is 10.0. The van der Waals surface area contributed by atoms with Gasteiger partial charge in [0.15, 0.2) is 0 Å². The molecule has 4 nitrogen and oxygen atoms in total. The normalized spacial score (nSPS) is 18.8. The van der Waals surface area contributed by atoms with Gasteiger partial charge >= 0.3 is 0 Å². The SMILES string of the molecule is Cc1c(Cl)cccc1NC(=S)C1=C(O)CC(C)NC1=O. The number of hydrogen-bond donors (Lipinski definition) is 3. The maximum atomic E-state index is 11.9.